The quantitative estimate of drug-likeness (QED) is 0.423. The van der Waals surface area contributed by atoms with E-state index in [1.165, 1.54) is 11.6 Å². The van der Waals surface area contributed by atoms with Gasteiger partial charge >= 0.3 is 0 Å². The number of hydrogen-bond donors (Lipinski definition) is 1. The number of nitrogens with one attached hydrogen (secondary N) is 1. The Balaban J connectivity index is 1.63. The largest absolute Gasteiger partial charge is 0.307 e. The molecule has 4 rings (SSSR count). The lowest BCUT2D eigenvalue weighted by atomic mass is 9.87. The van der Waals surface area contributed by atoms with Crippen LogP contribution in [0.2, 0.25) is 0 Å². The summed E-state index contributed by atoms with van der Waals surface area (Å²) in [5.41, 5.74) is 3.09. The molecule has 0 saturated heterocycles. The predicted octanol–water partition coefficient (Wildman–Crippen LogP) is 5.80. The second-order valence-electron chi connectivity index (χ2n) is 7.85. The highest BCUT2D eigenvalue weighted by atomic mass is 32.1. The monoisotopic (exact) mass is 422 g/mol. The van der Waals surface area contributed by atoms with Crippen molar-refractivity contribution in [1.29, 1.82) is 0 Å². The van der Waals surface area contributed by atoms with Gasteiger partial charge in [-0.25, -0.2) is 4.98 Å². The molecule has 148 valence electrons. The minimum absolute atomic E-state index is 0.0780. The summed E-state index contributed by atoms with van der Waals surface area (Å²) in [6, 6.07) is 12.1. The van der Waals surface area contributed by atoms with Gasteiger partial charge in [-0.2, -0.15) is 9.78 Å². The molecule has 0 fully saturated rings. The van der Waals surface area contributed by atoms with E-state index in [-0.39, 0.29) is 11.3 Å². The Labute approximate surface area is 177 Å². The van der Waals surface area contributed by atoms with Crippen molar-refractivity contribution >= 4 is 50.7 Å². The maximum Gasteiger partial charge on any atom is 0.249 e. The molecule has 0 bridgehead atoms. The highest BCUT2D eigenvalue weighted by Gasteiger charge is 2.17. The molecule has 0 atom stereocenters. The number of carbonyl (C=O) groups excluding carboxylic acids is 1. The molecule has 7 heteroatoms. The van der Waals surface area contributed by atoms with Gasteiger partial charge in [0.05, 0.1) is 15.9 Å². The van der Waals surface area contributed by atoms with Crippen LogP contribution in [0, 0.1) is 6.92 Å². The molecule has 0 aliphatic carbocycles. The van der Waals surface area contributed by atoms with Gasteiger partial charge in [-0.05, 0) is 47.6 Å². The van der Waals surface area contributed by atoms with E-state index in [1.54, 1.807) is 33.4 Å². The topological polar surface area (TPSA) is 59.8 Å². The third-order valence-electron chi connectivity index (χ3n) is 4.45. The average molecular weight is 423 g/mol. The van der Waals surface area contributed by atoms with Crippen molar-refractivity contribution in [1.82, 2.24) is 14.8 Å². The molecule has 0 radical (unpaired) electrons. The first-order valence-electron chi connectivity index (χ1n) is 9.30. The summed E-state index contributed by atoms with van der Waals surface area (Å²) >= 11 is 3.16. The van der Waals surface area contributed by atoms with Crippen molar-refractivity contribution in [3.63, 3.8) is 0 Å². The zero-order valence-electron chi connectivity index (χ0n) is 16.8. The van der Waals surface area contributed by atoms with Crippen LogP contribution >= 0.6 is 22.7 Å². The summed E-state index contributed by atoms with van der Waals surface area (Å²) in [4.78, 5) is 18.1. The first-order valence-corrected chi connectivity index (χ1v) is 11.0. The SMILES string of the molecule is Cc1cc(NC(=O)/C=C/c2cccs2)n(-c2nc3ccc(C(C)(C)C)cc3s2)n1. The van der Waals surface area contributed by atoms with Gasteiger partial charge in [0.25, 0.3) is 0 Å². The molecule has 1 aromatic carbocycles. The number of aryl methyl sites for hydroxylation is 1. The fourth-order valence-electron chi connectivity index (χ4n) is 2.92. The van der Waals surface area contributed by atoms with E-state index in [2.05, 4.69) is 43.3 Å². The molecular formula is C22H22N4OS2. The van der Waals surface area contributed by atoms with Crippen LogP contribution in [-0.2, 0) is 10.2 Å². The average Bonchev–Trinajstić information content (AvgIpc) is 3.38. The van der Waals surface area contributed by atoms with Crippen LogP contribution in [0.15, 0.2) is 47.9 Å². The fourth-order valence-corrected chi connectivity index (χ4v) is 4.50. The number of amides is 1. The van der Waals surface area contributed by atoms with Gasteiger partial charge in [-0.15, -0.1) is 11.3 Å². The summed E-state index contributed by atoms with van der Waals surface area (Å²) in [7, 11) is 0. The Morgan fingerprint density at radius 3 is 2.76 bits per heavy atom. The van der Waals surface area contributed by atoms with Gasteiger partial charge in [0.2, 0.25) is 11.0 Å². The van der Waals surface area contributed by atoms with Crippen LogP contribution in [0.25, 0.3) is 21.4 Å². The number of thiophene rings is 1. The number of hydrogen-bond acceptors (Lipinski definition) is 5. The van der Waals surface area contributed by atoms with Gasteiger partial charge in [-0.3, -0.25) is 4.79 Å². The summed E-state index contributed by atoms with van der Waals surface area (Å²) in [6.07, 6.45) is 3.34. The van der Waals surface area contributed by atoms with Crippen molar-refractivity contribution in [2.45, 2.75) is 33.1 Å². The molecule has 3 aromatic heterocycles. The Bertz CT molecular complexity index is 1190. The van der Waals surface area contributed by atoms with E-state index in [1.807, 2.05) is 36.6 Å². The van der Waals surface area contributed by atoms with Crippen LogP contribution in [0.1, 0.15) is 36.9 Å². The molecule has 4 aromatic rings. The van der Waals surface area contributed by atoms with Crippen LogP contribution in [0.3, 0.4) is 0 Å². The van der Waals surface area contributed by atoms with Crippen molar-refractivity contribution in [2.24, 2.45) is 0 Å². The summed E-state index contributed by atoms with van der Waals surface area (Å²) < 4.78 is 2.81. The molecule has 1 amide bonds. The molecule has 0 unspecified atom stereocenters. The molecule has 29 heavy (non-hydrogen) atoms. The normalized spacial score (nSPS) is 12.1. The van der Waals surface area contributed by atoms with Crippen molar-refractivity contribution in [3.8, 4) is 5.13 Å². The van der Waals surface area contributed by atoms with Crippen molar-refractivity contribution < 1.29 is 4.79 Å². The highest BCUT2D eigenvalue weighted by Crippen LogP contribution is 2.31. The number of carbonyl (C=O) groups is 1. The lowest BCUT2D eigenvalue weighted by Crippen LogP contribution is -2.12. The number of nitrogens with zero attached hydrogens (tertiary/aromatic N) is 3. The summed E-state index contributed by atoms with van der Waals surface area (Å²) in [5.74, 6) is 0.411. The Kier molecular flexibility index (Phi) is 5.10. The first kappa shape index (κ1) is 19.5. The summed E-state index contributed by atoms with van der Waals surface area (Å²) in [6.45, 7) is 8.50. The number of aromatic nitrogens is 3. The molecular weight excluding hydrogens is 400 g/mol. The lowest BCUT2D eigenvalue weighted by molar-refractivity contribution is -0.111. The zero-order chi connectivity index (χ0) is 20.6. The Morgan fingerprint density at radius 1 is 1.21 bits per heavy atom. The Morgan fingerprint density at radius 2 is 2.03 bits per heavy atom. The van der Waals surface area contributed by atoms with Crippen LogP contribution < -0.4 is 5.32 Å². The van der Waals surface area contributed by atoms with Crippen molar-refractivity contribution in [3.05, 3.63) is 64.0 Å². The zero-order valence-corrected chi connectivity index (χ0v) is 18.4. The van der Waals surface area contributed by atoms with Gasteiger partial charge in [0.15, 0.2) is 0 Å². The van der Waals surface area contributed by atoms with E-state index < -0.39 is 0 Å². The van der Waals surface area contributed by atoms with Gasteiger partial charge in [0.1, 0.15) is 5.82 Å². The Hall–Kier alpha value is -2.77. The van der Waals surface area contributed by atoms with Gasteiger partial charge < -0.3 is 5.32 Å². The molecule has 0 aliphatic heterocycles. The standard InChI is InChI=1S/C22H22N4OS2/c1-14-12-19(24-20(27)10-8-16-6-5-11-28-16)26(25-14)21-23-17-9-7-15(22(2,3)4)13-18(17)29-21/h5-13H,1-4H3,(H,24,27)/b10-8+. The minimum atomic E-state index is -0.198. The third-order valence-corrected chi connectivity index (χ3v) is 6.28. The molecule has 5 nitrogen and oxygen atoms in total. The molecule has 0 aliphatic rings. The number of fused-ring (bicyclic) bond motifs is 1. The maximum absolute atomic E-state index is 12.4. The second kappa shape index (κ2) is 7.57. The number of benzene rings is 1. The van der Waals surface area contributed by atoms with Gasteiger partial charge in [-0.1, -0.05) is 44.2 Å². The number of rotatable bonds is 4. The molecule has 0 saturated carbocycles. The molecule has 1 N–H and O–H groups in total. The number of thiazole rings is 1. The van der Waals surface area contributed by atoms with E-state index in [0.717, 1.165) is 25.9 Å². The lowest BCUT2D eigenvalue weighted by Gasteiger charge is -2.18. The first-order chi connectivity index (χ1) is 13.8. The fraction of sp³-hybridized carbons (Fsp3) is 0.227. The smallest absolute Gasteiger partial charge is 0.249 e. The third kappa shape index (κ3) is 4.31. The number of anilines is 1. The van der Waals surface area contributed by atoms with E-state index in [4.69, 9.17) is 4.98 Å². The van der Waals surface area contributed by atoms with Crippen LogP contribution in [-0.4, -0.2) is 20.7 Å². The second-order valence-corrected chi connectivity index (χ2v) is 9.84. The van der Waals surface area contributed by atoms with E-state index >= 15 is 0 Å². The van der Waals surface area contributed by atoms with Crippen LogP contribution in [0.4, 0.5) is 5.82 Å². The molecule has 3 heterocycles. The predicted molar refractivity (Wildman–Crippen MR) is 122 cm³/mol. The van der Waals surface area contributed by atoms with E-state index in [9.17, 15) is 4.79 Å². The van der Waals surface area contributed by atoms with Crippen LogP contribution in [0.5, 0.6) is 0 Å². The minimum Gasteiger partial charge on any atom is -0.307 e. The molecule has 0 spiro atoms. The maximum atomic E-state index is 12.4. The highest BCUT2D eigenvalue weighted by molar-refractivity contribution is 7.20. The van der Waals surface area contributed by atoms with Gasteiger partial charge in [0, 0.05) is 17.0 Å². The van der Waals surface area contributed by atoms with Crippen molar-refractivity contribution in [2.75, 3.05) is 5.32 Å². The summed E-state index contributed by atoms with van der Waals surface area (Å²) in [5, 5.41) is 10.2. The van der Waals surface area contributed by atoms with E-state index in [0.29, 0.717) is 5.82 Å².